The number of nitrogens with zero attached hydrogens (tertiary/aromatic N) is 4. The first-order valence-corrected chi connectivity index (χ1v) is 12.5. The maximum absolute atomic E-state index is 13.8. The second kappa shape index (κ2) is 8.90. The zero-order valence-electron chi connectivity index (χ0n) is 18.9. The number of amides is 1. The summed E-state index contributed by atoms with van der Waals surface area (Å²) in [5.74, 6) is -0.360. The van der Waals surface area contributed by atoms with E-state index < -0.39 is 22.5 Å². The molecule has 1 N–H and O–H groups in total. The Morgan fingerprint density at radius 3 is 2.43 bits per heavy atom. The van der Waals surface area contributed by atoms with E-state index in [0.29, 0.717) is 35.4 Å². The number of benzene rings is 2. The van der Waals surface area contributed by atoms with Gasteiger partial charge in [-0.3, -0.25) is 9.36 Å². The second-order valence-electron chi connectivity index (χ2n) is 8.39. The van der Waals surface area contributed by atoms with Crippen LogP contribution in [0, 0.1) is 0 Å². The summed E-state index contributed by atoms with van der Waals surface area (Å²) >= 11 is 0. The van der Waals surface area contributed by atoms with Gasteiger partial charge in [-0.2, -0.15) is 13.1 Å². The standard InChI is InChI=1S/C24H23F2N5O3S/c1-29-15-18(35(33,34)30-12-4-5-13-30)14-21(29)23(32)27-17-10-8-16(9-11-17)22-28-19-6-2-3-7-20(19)31(22)24(25)26/h2-3,6-11,14-15,24H,4-5,12-13H2,1H3,(H,27,32). The highest BCUT2D eigenvalue weighted by Gasteiger charge is 2.29. The predicted molar refractivity (Wildman–Crippen MR) is 128 cm³/mol. The normalized spacial score (nSPS) is 14.7. The summed E-state index contributed by atoms with van der Waals surface area (Å²) in [6.45, 7) is -1.81. The number of sulfonamides is 1. The SMILES string of the molecule is Cn1cc(S(=O)(=O)N2CCCC2)cc1C(=O)Nc1ccc(-c2nc3ccccc3n2C(F)F)cc1. The Morgan fingerprint density at radius 2 is 1.74 bits per heavy atom. The topological polar surface area (TPSA) is 89.2 Å². The van der Waals surface area contributed by atoms with Gasteiger partial charge >= 0.3 is 6.55 Å². The third-order valence-corrected chi connectivity index (χ3v) is 7.97. The highest BCUT2D eigenvalue weighted by molar-refractivity contribution is 7.89. The summed E-state index contributed by atoms with van der Waals surface area (Å²) in [6, 6.07) is 14.4. The molecule has 0 saturated carbocycles. The molecule has 11 heteroatoms. The van der Waals surface area contributed by atoms with Crippen molar-refractivity contribution >= 4 is 32.7 Å². The fourth-order valence-corrected chi connectivity index (χ4v) is 5.91. The first kappa shape index (κ1) is 23.2. The molecule has 35 heavy (non-hydrogen) atoms. The van der Waals surface area contributed by atoms with Crippen LogP contribution in [0.25, 0.3) is 22.4 Å². The van der Waals surface area contributed by atoms with Crippen LogP contribution >= 0.6 is 0 Å². The molecule has 1 aliphatic rings. The smallest absolute Gasteiger partial charge is 0.320 e. The average molecular weight is 500 g/mol. The fraction of sp³-hybridized carbons (Fsp3) is 0.250. The molecule has 2 aromatic heterocycles. The molecule has 4 aromatic rings. The van der Waals surface area contributed by atoms with Crippen molar-refractivity contribution in [2.24, 2.45) is 7.05 Å². The van der Waals surface area contributed by atoms with Crippen molar-refractivity contribution in [1.29, 1.82) is 0 Å². The molecule has 0 spiro atoms. The molecule has 2 aromatic carbocycles. The van der Waals surface area contributed by atoms with E-state index in [9.17, 15) is 22.0 Å². The molecule has 0 unspecified atom stereocenters. The van der Waals surface area contributed by atoms with Gasteiger partial charge in [0.05, 0.1) is 11.0 Å². The Kier molecular flexibility index (Phi) is 5.89. The number of anilines is 1. The minimum absolute atomic E-state index is 0.0771. The summed E-state index contributed by atoms with van der Waals surface area (Å²) in [6.07, 6.45) is 3.08. The highest BCUT2D eigenvalue weighted by atomic mass is 32.2. The van der Waals surface area contributed by atoms with E-state index in [1.165, 1.54) is 21.1 Å². The maximum atomic E-state index is 13.8. The van der Waals surface area contributed by atoms with Crippen molar-refractivity contribution in [2.45, 2.75) is 24.3 Å². The molecule has 5 rings (SSSR count). The molecule has 1 amide bonds. The minimum Gasteiger partial charge on any atom is -0.345 e. The molecule has 1 aliphatic heterocycles. The number of aromatic nitrogens is 3. The zero-order chi connectivity index (χ0) is 24.7. The number of para-hydroxylation sites is 2. The number of alkyl halides is 2. The lowest BCUT2D eigenvalue weighted by atomic mass is 10.2. The van der Waals surface area contributed by atoms with Gasteiger partial charge in [-0.1, -0.05) is 12.1 Å². The van der Waals surface area contributed by atoms with E-state index in [2.05, 4.69) is 10.3 Å². The fourth-order valence-electron chi connectivity index (χ4n) is 4.32. The van der Waals surface area contributed by atoms with Crippen molar-refractivity contribution in [2.75, 3.05) is 18.4 Å². The predicted octanol–water partition coefficient (Wildman–Crippen LogP) is 4.47. The van der Waals surface area contributed by atoms with Gasteiger partial charge in [0.1, 0.15) is 16.4 Å². The van der Waals surface area contributed by atoms with Crippen molar-refractivity contribution in [3.63, 3.8) is 0 Å². The molecule has 182 valence electrons. The number of imidazole rings is 1. The van der Waals surface area contributed by atoms with Crippen LogP contribution in [0.15, 0.2) is 65.7 Å². The van der Waals surface area contributed by atoms with E-state index in [4.69, 9.17) is 0 Å². The van der Waals surface area contributed by atoms with E-state index in [-0.39, 0.29) is 16.4 Å². The Labute approximate surface area is 200 Å². The number of halogens is 2. The molecule has 0 radical (unpaired) electrons. The van der Waals surface area contributed by atoms with Crippen LogP contribution in [0.2, 0.25) is 0 Å². The van der Waals surface area contributed by atoms with Gasteiger partial charge in [-0.15, -0.1) is 0 Å². The Balaban J connectivity index is 1.37. The summed E-state index contributed by atoms with van der Waals surface area (Å²) in [4.78, 5) is 17.3. The van der Waals surface area contributed by atoms with Crippen LogP contribution in [0.4, 0.5) is 14.5 Å². The molecule has 3 heterocycles. The lowest BCUT2D eigenvalue weighted by Crippen LogP contribution is -2.27. The Hall–Kier alpha value is -3.57. The molecule has 0 bridgehead atoms. The molecule has 1 fully saturated rings. The van der Waals surface area contributed by atoms with E-state index >= 15 is 0 Å². The Bertz CT molecular complexity index is 1500. The number of fused-ring (bicyclic) bond motifs is 1. The number of carbonyl (C=O) groups excluding carboxylic acids is 1. The van der Waals surface area contributed by atoms with Crippen molar-refractivity contribution in [3.05, 3.63) is 66.5 Å². The third kappa shape index (κ3) is 4.21. The monoisotopic (exact) mass is 499 g/mol. The van der Waals surface area contributed by atoms with Crippen LogP contribution in [-0.2, 0) is 17.1 Å². The van der Waals surface area contributed by atoms with Crippen LogP contribution in [0.1, 0.15) is 29.9 Å². The number of carbonyl (C=O) groups is 1. The molecule has 1 saturated heterocycles. The highest BCUT2D eigenvalue weighted by Crippen LogP contribution is 2.30. The number of hydrogen-bond donors (Lipinski definition) is 1. The van der Waals surface area contributed by atoms with E-state index in [1.54, 1.807) is 55.6 Å². The summed E-state index contributed by atoms with van der Waals surface area (Å²) in [5.41, 5.74) is 1.88. The molecule has 0 atom stereocenters. The summed E-state index contributed by atoms with van der Waals surface area (Å²) in [7, 11) is -2.04. The largest absolute Gasteiger partial charge is 0.345 e. The van der Waals surface area contributed by atoms with Crippen LogP contribution in [-0.4, -0.2) is 45.8 Å². The van der Waals surface area contributed by atoms with Crippen molar-refractivity contribution in [1.82, 2.24) is 18.4 Å². The first-order valence-electron chi connectivity index (χ1n) is 11.1. The van der Waals surface area contributed by atoms with Gasteiger partial charge in [0.15, 0.2) is 0 Å². The molecule has 8 nitrogen and oxygen atoms in total. The summed E-state index contributed by atoms with van der Waals surface area (Å²) < 4.78 is 56.9. The van der Waals surface area contributed by atoms with Crippen molar-refractivity contribution < 1.29 is 22.0 Å². The van der Waals surface area contributed by atoms with Gasteiger partial charge < -0.3 is 9.88 Å². The Morgan fingerprint density at radius 1 is 1.06 bits per heavy atom. The third-order valence-electron chi connectivity index (χ3n) is 6.11. The average Bonchev–Trinajstić information content (AvgIpc) is 3.58. The molecular formula is C24H23F2N5O3S. The maximum Gasteiger partial charge on any atom is 0.320 e. The quantitative estimate of drug-likeness (QED) is 0.424. The number of aryl methyl sites for hydroxylation is 1. The van der Waals surface area contributed by atoms with Crippen LogP contribution < -0.4 is 5.32 Å². The van der Waals surface area contributed by atoms with Gasteiger partial charge in [-0.05, 0) is 55.3 Å². The van der Waals surface area contributed by atoms with Gasteiger partial charge in [0, 0.05) is 37.6 Å². The summed E-state index contributed by atoms with van der Waals surface area (Å²) in [5, 5.41) is 2.73. The number of rotatable bonds is 6. The number of hydrogen-bond acceptors (Lipinski definition) is 4. The van der Waals surface area contributed by atoms with E-state index in [1.807, 2.05) is 0 Å². The lowest BCUT2D eigenvalue weighted by Gasteiger charge is -2.13. The first-order chi connectivity index (χ1) is 16.8. The zero-order valence-corrected chi connectivity index (χ0v) is 19.7. The number of nitrogens with one attached hydrogen (secondary N) is 1. The minimum atomic E-state index is -3.64. The lowest BCUT2D eigenvalue weighted by molar-refractivity contribution is 0.0764. The van der Waals surface area contributed by atoms with E-state index in [0.717, 1.165) is 17.4 Å². The van der Waals surface area contributed by atoms with Gasteiger partial charge in [-0.25, -0.2) is 13.4 Å². The molecular weight excluding hydrogens is 476 g/mol. The second-order valence-corrected chi connectivity index (χ2v) is 10.3. The van der Waals surface area contributed by atoms with Crippen molar-refractivity contribution in [3.8, 4) is 11.4 Å². The van der Waals surface area contributed by atoms with Crippen LogP contribution in [0.5, 0.6) is 0 Å². The van der Waals surface area contributed by atoms with Crippen LogP contribution in [0.3, 0.4) is 0 Å². The van der Waals surface area contributed by atoms with Gasteiger partial charge in [0.2, 0.25) is 10.0 Å². The molecule has 0 aliphatic carbocycles. The van der Waals surface area contributed by atoms with Gasteiger partial charge in [0.25, 0.3) is 5.91 Å².